The first-order valence-corrected chi connectivity index (χ1v) is 11.3. The minimum absolute atomic E-state index is 0.132. The van der Waals surface area contributed by atoms with Crippen LogP contribution in [0.4, 0.5) is 0 Å². The molecule has 1 fully saturated rings. The summed E-state index contributed by atoms with van der Waals surface area (Å²) in [6, 6.07) is 2.76. The summed E-state index contributed by atoms with van der Waals surface area (Å²) in [5.41, 5.74) is 2.06. The molecule has 3 heterocycles. The van der Waals surface area contributed by atoms with E-state index in [-0.39, 0.29) is 5.60 Å². The highest BCUT2D eigenvalue weighted by atomic mass is 32.1. The Morgan fingerprint density at radius 2 is 2.36 bits per heavy atom. The number of hydrogen-bond acceptors (Lipinski definition) is 7. The molecule has 2 aliphatic rings. The summed E-state index contributed by atoms with van der Waals surface area (Å²) in [6.07, 6.45) is 6.12. The monoisotopic (exact) mass is 406 g/mol. The van der Waals surface area contributed by atoms with Crippen LogP contribution in [0, 0.1) is 0 Å². The number of aliphatic hydroxyl groups excluding tert-OH is 1. The topological polar surface area (TPSA) is 83.4 Å². The van der Waals surface area contributed by atoms with Crippen molar-refractivity contribution < 1.29 is 9.84 Å². The van der Waals surface area contributed by atoms with Crippen molar-refractivity contribution in [3.63, 3.8) is 0 Å². The van der Waals surface area contributed by atoms with Crippen LogP contribution in [0.3, 0.4) is 0 Å². The van der Waals surface area contributed by atoms with Gasteiger partial charge in [0.1, 0.15) is 0 Å². The fraction of sp³-hybridized carbons (Fsp3) is 0.714. The van der Waals surface area contributed by atoms with Crippen molar-refractivity contribution in [3.05, 3.63) is 21.4 Å². The maximum absolute atomic E-state index is 9.64. The van der Waals surface area contributed by atoms with Gasteiger partial charge < -0.3 is 15.7 Å². The lowest BCUT2D eigenvalue weighted by molar-refractivity contribution is -0.108. The van der Waals surface area contributed by atoms with Crippen molar-refractivity contribution in [1.82, 2.24) is 4.90 Å². The third-order valence-electron chi connectivity index (χ3n) is 6.02. The van der Waals surface area contributed by atoms with E-state index >= 15 is 0 Å². The maximum atomic E-state index is 9.64. The molecule has 1 aromatic rings. The van der Waals surface area contributed by atoms with Gasteiger partial charge in [-0.15, -0.1) is 11.3 Å². The molecule has 156 valence electrons. The first-order chi connectivity index (χ1) is 13.5. The maximum Gasteiger partial charge on any atom is 0.0969 e. The molecule has 0 saturated carbocycles. The number of nitrogens with zero attached hydrogens (tertiary/aromatic N) is 3. The van der Waals surface area contributed by atoms with Gasteiger partial charge in [-0.05, 0) is 44.2 Å². The summed E-state index contributed by atoms with van der Waals surface area (Å²) in [7, 11) is 0. The Morgan fingerprint density at radius 1 is 1.54 bits per heavy atom. The molecule has 0 bridgehead atoms. The second-order valence-electron chi connectivity index (χ2n) is 7.95. The van der Waals surface area contributed by atoms with Crippen LogP contribution in [-0.4, -0.2) is 60.3 Å². The first kappa shape index (κ1) is 21.4. The van der Waals surface area contributed by atoms with Gasteiger partial charge in [-0.1, -0.05) is 13.8 Å². The van der Waals surface area contributed by atoms with Crippen LogP contribution in [0.5, 0.6) is 0 Å². The Hall–Kier alpha value is -1.28. The summed E-state index contributed by atoms with van der Waals surface area (Å²) >= 11 is 1.97. The van der Waals surface area contributed by atoms with Crippen molar-refractivity contribution in [2.75, 3.05) is 26.2 Å². The van der Waals surface area contributed by atoms with Crippen molar-refractivity contribution >= 4 is 23.3 Å². The molecule has 1 aromatic heterocycles. The van der Waals surface area contributed by atoms with Gasteiger partial charge >= 0.3 is 0 Å². The highest BCUT2D eigenvalue weighted by molar-refractivity contribution is 7.12. The summed E-state index contributed by atoms with van der Waals surface area (Å²) in [5.74, 6) is 5.59. The molecule has 28 heavy (non-hydrogen) atoms. The van der Waals surface area contributed by atoms with Crippen LogP contribution >= 0.6 is 11.3 Å². The molecule has 1 spiro atoms. The second-order valence-corrected chi connectivity index (χ2v) is 9.17. The number of rotatable bonds is 7. The predicted molar refractivity (Wildman–Crippen MR) is 117 cm³/mol. The lowest BCUT2D eigenvalue weighted by Crippen LogP contribution is -2.51. The Kier molecular flexibility index (Phi) is 7.25. The standard InChI is InChI=1S/C21H34N4O2S/c1-4-17(26)13-23-12-16(24-22)14-25-8-7-21(11-15(25)3)19-10-18(5-2)28-20(19)6-9-27-21/h10,12,15,17,26H,4-9,11,13-14,22H2,1-3H3/b23-12?,24-16+/t15-,17?,21+/m0/s1. The number of hydrogen-bond donors (Lipinski definition) is 2. The third-order valence-corrected chi connectivity index (χ3v) is 7.36. The van der Waals surface area contributed by atoms with Crippen molar-refractivity contribution in [2.45, 2.75) is 70.6 Å². The fourth-order valence-corrected chi connectivity index (χ4v) is 5.42. The highest BCUT2D eigenvalue weighted by Crippen LogP contribution is 2.46. The Balaban J connectivity index is 1.65. The molecule has 2 aliphatic heterocycles. The number of aliphatic imine (C=N–C) groups is 1. The van der Waals surface area contributed by atoms with Gasteiger partial charge in [0, 0.05) is 41.5 Å². The average molecular weight is 407 g/mol. The summed E-state index contributed by atoms with van der Waals surface area (Å²) < 4.78 is 6.42. The quantitative estimate of drug-likeness (QED) is 0.414. The molecule has 1 saturated heterocycles. The Morgan fingerprint density at radius 3 is 3.04 bits per heavy atom. The van der Waals surface area contributed by atoms with E-state index in [1.165, 1.54) is 15.3 Å². The van der Waals surface area contributed by atoms with Crippen LogP contribution in [0.1, 0.15) is 55.4 Å². The van der Waals surface area contributed by atoms with Crippen molar-refractivity contribution in [2.24, 2.45) is 15.9 Å². The summed E-state index contributed by atoms with van der Waals surface area (Å²) in [4.78, 5) is 9.69. The van der Waals surface area contributed by atoms with E-state index in [9.17, 15) is 5.11 Å². The normalized spacial score (nSPS) is 27.4. The van der Waals surface area contributed by atoms with Crippen LogP contribution in [0.2, 0.25) is 0 Å². The molecule has 0 aromatic carbocycles. The smallest absolute Gasteiger partial charge is 0.0969 e. The van der Waals surface area contributed by atoms with E-state index < -0.39 is 6.10 Å². The highest BCUT2D eigenvalue weighted by Gasteiger charge is 2.44. The fourth-order valence-electron chi connectivity index (χ4n) is 4.24. The zero-order valence-electron chi connectivity index (χ0n) is 17.4. The summed E-state index contributed by atoms with van der Waals surface area (Å²) in [5, 5.41) is 13.5. The molecule has 0 aliphatic carbocycles. The zero-order valence-corrected chi connectivity index (χ0v) is 18.2. The molecular weight excluding hydrogens is 372 g/mol. The van der Waals surface area contributed by atoms with Crippen molar-refractivity contribution in [1.29, 1.82) is 0 Å². The number of hydrazone groups is 1. The molecule has 3 N–H and O–H groups in total. The van der Waals surface area contributed by atoms with Gasteiger partial charge in [-0.2, -0.15) is 5.10 Å². The number of fused-ring (bicyclic) bond motifs is 2. The molecule has 1 unspecified atom stereocenters. The van der Waals surface area contributed by atoms with Gasteiger partial charge in [0.25, 0.3) is 0 Å². The van der Waals surface area contributed by atoms with Crippen molar-refractivity contribution in [3.8, 4) is 0 Å². The van der Waals surface area contributed by atoms with Gasteiger partial charge in [-0.25, -0.2) is 0 Å². The van der Waals surface area contributed by atoms with E-state index in [0.717, 1.165) is 44.5 Å². The lowest BCUT2D eigenvalue weighted by Gasteiger charge is -2.47. The van der Waals surface area contributed by atoms with E-state index in [2.05, 4.69) is 34.9 Å². The first-order valence-electron chi connectivity index (χ1n) is 10.5. The average Bonchev–Trinajstić information content (AvgIpc) is 3.14. The number of piperidine rings is 1. The van der Waals surface area contributed by atoms with Crippen LogP contribution in [0.15, 0.2) is 16.2 Å². The minimum Gasteiger partial charge on any atom is -0.391 e. The Bertz CT molecular complexity index is 717. The number of aryl methyl sites for hydroxylation is 1. The number of ether oxygens (including phenoxy) is 1. The Labute approximate surface area is 172 Å². The third kappa shape index (κ3) is 4.64. The van der Waals surface area contributed by atoms with Gasteiger partial charge in [-0.3, -0.25) is 9.89 Å². The molecule has 3 rings (SSSR count). The number of nitrogens with two attached hydrogens (primary N) is 1. The van der Waals surface area contributed by atoms with E-state index in [4.69, 9.17) is 10.6 Å². The second kappa shape index (κ2) is 9.48. The van der Waals surface area contributed by atoms with E-state index in [1.54, 1.807) is 6.21 Å². The molecule has 6 nitrogen and oxygen atoms in total. The largest absolute Gasteiger partial charge is 0.391 e. The van der Waals surface area contributed by atoms with Crippen LogP contribution in [-0.2, 0) is 23.2 Å². The summed E-state index contributed by atoms with van der Waals surface area (Å²) in [6.45, 7) is 9.27. The number of thiophene rings is 1. The van der Waals surface area contributed by atoms with E-state index in [1.807, 2.05) is 18.3 Å². The van der Waals surface area contributed by atoms with Crippen LogP contribution in [0.25, 0.3) is 0 Å². The number of likely N-dealkylation sites (tertiary alicyclic amines) is 1. The van der Waals surface area contributed by atoms with Gasteiger partial charge in [0.2, 0.25) is 0 Å². The molecule has 0 radical (unpaired) electrons. The molecule has 0 amide bonds. The molecule has 3 atom stereocenters. The molecule has 7 heteroatoms. The number of aliphatic hydroxyl groups is 1. The minimum atomic E-state index is -0.402. The SMILES string of the molecule is CCc1cc2c(s1)CCO[C@@]21CCN(C/C(C=NCC(O)CC)=N/N)[C@@H](C)C1. The van der Waals surface area contributed by atoms with Gasteiger partial charge in [0.15, 0.2) is 0 Å². The van der Waals surface area contributed by atoms with Gasteiger partial charge in [0.05, 0.1) is 30.6 Å². The van der Waals surface area contributed by atoms with E-state index in [0.29, 0.717) is 25.6 Å². The molecular formula is C21H34N4O2S. The van der Waals surface area contributed by atoms with Crippen LogP contribution < -0.4 is 5.84 Å². The predicted octanol–water partition coefficient (Wildman–Crippen LogP) is 2.72. The lowest BCUT2D eigenvalue weighted by atomic mass is 9.79. The zero-order chi connectivity index (χ0) is 20.1.